The Labute approximate surface area is 188 Å². The molecule has 0 unspecified atom stereocenters. The van der Waals surface area contributed by atoms with Gasteiger partial charge in [0, 0.05) is 35.4 Å². The summed E-state index contributed by atoms with van der Waals surface area (Å²) >= 11 is 0. The van der Waals surface area contributed by atoms with Crippen molar-refractivity contribution in [3.63, 3.8) is 0 Å². The zero-order valence-electron chi connectivity index (χ0n) is 18.6. The molecule has 2 aliphatic carbocycles. The molecule has 0 radical (unpaired) electrons. The van der Waals surface area contributed by atoms with E-state index in [0.29, 0.717) is 17.3 Å². The standard InChI is InChI=1S/C27H29N3O2/c1-30(20-8-3-2-4-9-20)27(32)18-14-16-19(17-15-18)28-26(31)25-21-10-5-6-12-23(21)29-24-13-7-11-22(24)25/h5-6,10,12,14-17,20H,2-4,7-9,11,13H2,1H3,(H,28,31). The highest BCUT2D eigenvalue weighted by atomic mass is 16.2. The van der Waals surface area contributed by atoms with Gasteiger partial charge >= 0.3 is 0 Å². The van der Waals surface area contributed by atoms with Crippen LogP contribution in [-0.2, 0) is 12.8 Å². The van der Waals surface area contributed by atoms with Gasteiger partial charge in [0.05, 0.1) is 11.1 Å². The van der Waals surface area contributed by atoms with E-state index >= 15 is 0 Å². The summed E-state index contributed by atoms with van der Waals surface area (Å²) in [7, 11) is 1.91. The number of nitrogens with one attached hydrogen (secondary N) is 1. The van der Waals surface area contributed by atoms with Crippen molar-refractivity contribution in [1.29, 1.82) is 0 Å². The maximum atomic E-state index is 13.3. The summed E-state index contributed by atoms with van der Waals surface area (Å²) in [6, 6.07) is 15.4. The first-order chi connectivity index (χ1) is 15.6. The molecule has 2 aromatic carbocycles. The largest absolute Gasteiger partial charge is 0.339 e. The molecule has 2 amide bonds. The summed E-state index contributed by atoms with van der Waals surface area (Å²) in [6.07, 6.45) is 8.66. The molecule has 0 atom stereocenters. The van der Waals surface area contributed by atoms with E-state index in [1.54, 1.807) is 0 Å². The molecule has 164 valence electrons. The van der Waals surface area contributed by atoms with Gasteiger partial charge in [0.1, 0.15) is 0 Å². The first-order valence-corrected chi connectivity index (χ1v) is 11.7. The van der Waals surface area contributed by atoms with Crippen molar-refractivity contribution < 1.29 is 9.59 Å². The SMILES string of the molecule is CN(C(=O)c1ccc(NC(=O)c2c3c(nc4ccccc24)CCC3)cc1)C1CCCCC1. The number of anilines is 1. The molecule has 0 saturated heterocycles. The first-order valence-electron chi connectivity index (χ1n) is 11.7. The number of benzene rings is 2. The zero-order chi connectivity index (χ0) is 22.1. The fourth-order valence-corrected chi connectivity index (χ4v) is 5.20. The third-order valence-electron chi connectivity index (χ3n) is 6.98. The van der Waals surface area contributed by atoms with Crippen LogP contribution in [0.3, 0.4) is 0 Å². The molecule has 5 nitrogen and oxygen atoms in total. The molecule has 2 aliphatic rings. The van der Waals surface area contributed by atoms with Gasteiger partial charge in [0.2, 0.25) is 0 Å². The highest BCUT2D eigenvalue weighted by molar-refractivity contribution is 6.13. The van der Waals surface area contributed by atoms with Crippen molar-refractivity contribution in [2.24, 2.45) is 0 Å². The molecule has 1 heterocycles. The normalized spacial score (nSPS) is 16.0. The number of pyridine rings is 1. The lowest BCUT2D eigenvalue weighted by atomic mass is 9.94. The zero-order valence-corrected chi connectivity index (χ0v) is 18.6. The molecule has 5 rings (SSSR count). The summed E-state index contributed by atoms with van der Waals surface area (Å²) < 4.78 is 0. The maximum Gasteiger partial charge on any atom is 0.256 e. The van der Waals surface area contributed by atoms with Crippen LogP contribution in [0.2, 0.25) is 0 Å². The number of carbonyl (C=O) groups excluding carboxylic acids is 2. The molecular formula is C27H29N3O2. The second-order valence-corrected chi connectivity index (χ2v) is 9.02. The van der Waals surface area contributed by atoms with E-state index in [1.165, 1.54) is 19.3 Å². The summed E-state index contributed by atoms with van der Waals surface area (Å²) in [5, 5.41) is 3.94. The van der Waals surface area contributed by atoms with Gasteiger partial charge in [-0.3, -0.25) is 14.6 Å². The number of nitrogens with zero attached hydrogens (tertiary/aromatic N) is 2. The van der Waals surface area contributed by atoms with E-state index in [-0.39, 0.29) is 11.8 Å². The van der Waals surface area contributed by atoms with E-state index in [1.807, 2.05) is 60.5 Å². The van der Waals surface area contributed by atoms with E-state index in [0.717, 1.165) is 59.8 Å². The van der Waals surface area contributed by atoms with Crippen LogP contribution in [-0.4, -0.2) is 34.8 Å². The molecule has 1 fully saturated rings. The molecule has 0 spiro atoms. The Morgan fingerprint density at radius 3 is 2.47 bits per heavy atom. The summed E-state index contributed by atoms with van der Waals surface area (Å²) in [5.74, 6) is -0.0622. The average molecular weight is 428 g/mol. The lowest BCUT2D eigenvalue weighted by Gasteiger charge is -2.31. The lowest BCUT2D eigenvalue weighted by Crippen LogP contribution is -2.38. The molecular weight excluding hydrogens is 398 g/mol. The predicted octanol–water partition coefficient (Wildman–Crippen LogP) is 5.38. The third-order valence-corrected chi connectivity index (χ3v) is 6.98. The molecule has 1 saturated carbocycles. The fraction of sp³-hybridized carbons (Fsp3) is 0.370. The smallest absolute Gasteiger partial charge is 0.256 e. The van der Waals surface area contributed by atoms with Gasteiger partial charge in [-0.1, -0.05) is 37.5 Å². The third kappa shape index (κ3) is 3.88. The Balaban J connectivity index is 1.35. The van der Waals surface area contributed by atoms with E-state index in [9.17, 15) is 9.59 Å². The van der Waals surface area contributed by atoms with Crippen LogP contribution in [0.4, 0.5) is 5.69 Å². The van der Waals surface area contributed by atoms with Crippen molar-refractivity contribution in [2.75, 3.05) is 12.4 Å². The maximum absolute atomic E-state index is 13.3. The van der Waals surface area contributed by atoms with Crippen molar-refractivity contribution in [3.8, 4) is 0 Å². The van der Waals surface area contributed by atoms with Crippen LogP contribution in [0.5, 0.6) is 0 Å². The number of hydrogen-bond donors (Lipinski definition) is 1. The fourth-order valence-electron chi connectivity index (χ4n) is 5.20. The number of aryl methyl sites for hydroxylation is 1. The monoisotopic (exact) mass is 427 g/mol. The minimum atomic E-state index is -0.111. The minimum Gasteiger partial charge on any atom is -0.339 e. The average Bonchev–Trinajstić information content (AvgIpc) is 3.30. The number of fused-ring (bicyclic) bond motifs is 2. The number of carbonyl (C=O) groups is 2. The molecule has 1 N–H and O–H groups in total. The highest BCUT2D eigenvalue weighted by Crippen LogP contribution is 2.30. The summed E-state index contributed by atoms with van der Waals surface area (Å²) in [5.41, 5.74) is 5.07. The molecule has 3 aromatic rings. The van der Waals surface area contributed by atoms with E-state index in [4.69, 9.17) is 4.98 Å². The number of aromatic nitrogens is 1. The quantitative estimate of drug-likeness (QED) is 0.608. The van der Waals surface area contributed by atoms with Gasteiger partial charge < -0.3 is 10.2 Å². The van der Waals surface area contributed by atoms with Crippen LogP contribution >= 0.6 is 0 Å². The van der Waals surface area contributed by atoms with Crippen molar-refractivity contribution in [2.45, 2.75) is 57.4 Å². The van der Waals surface area contributed by atoms with Crippen molar-refractivity contribution >= 4 is 28.4 Å². The number of hydrogen-bond acceptors (Lipinski definition) is 3. The molecule has 1 aromatic heterocycles. The number of amides is 2. The summed E-state index contributed by atoms with van der Waals surface area (Å²) in [4.78, 5) is 32.9. The van der Waals surface area contributed by atoms with Gasteiger partial charge in [0.15, 0.2) is 0 Å². The van der Waals surface area contributed by atoms with Crippen molar-refractivity contribution in [1.82, 2.24) is 9.88 Å². The van der Waals surface area contributed by atoms with Gasteiger partial charge in [-0.05, 0) is 68.0 Å². The Bertz CT molecular complexity index is 1160. The molecule has 5 heteroatoms. The van der Waals surface area contributed by atoms with Crippen LogP contribution in [0.25, 0.3) is 10.9 Å². The minimum absolute atomic E-state index is 0.0488. The van der Waals surface area contributed by atoms with Gasteiger partial charge in [-0.2, -0.15) is 0 Å². The van der Waals surface area contributed by atoms with Gasteiger partial charge in [-0.25, -0.2) is 0 Å². The Morgan fingerprint density at radius 1 is 0.938 bits per heavy atom. The van der Waals surface area contributed by atoms with Crippen molar-refractivity contribution in [3.05, 3.63) is 70.9 Å². The topological polar surface area (TPSA) is 62.3 Å². The van der Waals surface area contributed by atoms with E-state index < -0.39 is 0 Å². The van der Waals surface area contributed by atoms with Crippen LogP contribution < -0.4 is 5.32 Å². The number of rotatable bonds is 4. The Kier molecular flexibility index (Phi) is 5.64. The molecule has 0 aliphatic heterocycles. The van der Waals surface area contributed by atoms with Gasteiger partial charge in [-0.15, -0.1) is 0 Å². The molecule has 0 bridgehead atoms. The lowest BCUT2D eigenvalue weighted by molar-refractivity contribution is 0.0696. The Hall–Kier alpha value is -3.21. The second kappa shape index (κ2) is 8.73. The van der Waals surface area contributed by atoms with Crippen LogP contribution in [0.1, 0.15) is 70.5 Å². The van der Waals surface area contributed by atoms with Gasteiger partial charge in [0.25, 0.3) is 11.8 Å². The molecule has 32 heavy (non-hydrogen) atoms. The van der Waals surface area contributed by atoms with Crippen LogP contribution in [0.15, 0.2) is 48.5 Å². The first kappa shape index (κ1) is 20.7. The Morgan fingerprint density at radius 2 is 1.69 bits per heavy atom. The highest BCUT2D eigenvalue weighted by Gasteiger charge is 2.25. The second-order valence-electron chi connectivity index (χ2n) is 9.02. The summed E-state index contributed by atoms with van der Waals surface area (Å²) in [6.45, 7) is 0. The predicted molar refractivity (Wildman–Crippen MR) is 127 cm³/mol. The van der Waals surface area contributed by atoms with Crippen LogP contribution in [0, 0.1) is 0 Å². The van der Waals surface area contributed by atoms with E-state index in [2.05, 4.69) is 5.32 Å². The number of para-hydroxylation sites is 1.